The fourth-order valence-corrected chi connectivity index (χ4v) is 6.78. The number of esters is 1. The fraction of sp³-hybridized carbons (Fsp3) is 0.519. The molecule has 1 N–H and O–H groups in total. The van der Waals surface area contributed by atoms with Crippen LogP contribution in [0.5, 0.6) is 11.5 Å². The summed E-state index contributed by atoms with van der Waals surface area (Å²) in [6.45, 7) is 4.32. The number of benzene rings is 2. The van der Waals surface area contributed by atoms with Gasteiger partial charge in [0.15, 0.2) is 11.5 Å². The first-order valence-electron chi connectivity index (χ1n) is 11.7. The molecule has 0 spiro atoms. The molecule has 2 aromatic carbocycles. The van der Waals surface area contributed by atoms with E-state index in [1.54, 1.807) is 0 Å². The molecule has 0 unspecified atom stereocenters. The molecule has 31 heavy (non-hydrogen) atoms. The highest BCUT2D eigenvalue weighted by Crippen LogP contribution is 2.62. The zero-order chi connectivity index (χ0) is 21.6. The lowest BCUT2D eigenvalue weighted by Gasteiger charge is -2.50. The van der Waals surface area contributed by atoms with E-state index in [1.807, 2.05) is 36.4 Å². The number of aromatic hydroxyl groups is 1. The molecule has 4 nitrogen and oxygen atoms in total. The molecule has 4 heteroatoms. The molecule has 5 rings (SSSR count). The summed E-state index contributed by atoms with van der Waals surface area (Å²) in [5, 5.41) is 10.6. The van der Waals surface area contributed by atoms with Gasteiger partial charge in [-0.1, -0.05) is 37.3 Å². The van der Waals surface area contributed by atoms with Crippen molar-refractivity contribution in [3.63, 3.8) is 0 Å². The summed E-state index contributed by atoms with van der Waals surface area (Å²) in [4.78, 5) is 11.6. The van der Waals surface area contributed by atoms with E-state index in [0.29, 0.717) is 30.1 Å². The van der Waals surface area contributed by atoms with E-state index in [4.69, 9.17) is 9.47 Å². The lowest BCUT2D eigenvalue weighted by molar-refractivity contribution is -0.154. The van der Waals surface area contributed by atoms with Gasteiger partial charge in [0.25, 0.3) is 0 Å². The van der Waals surface area contributed by atoms with Gasteiger partial charge in [-0.05, 0) is 85.1 Å². The first-order valence-corrected chi connectivity index (χ1v) is 11.7. The number of aryl methyl sites for hydroxylation is 1. The third-order valence-electron chi connectivity index (χ3n) is 8.26. The van der Waals surface area contributed by atoms with Gasteiger partial charge in [0.1, 0.15) is 12.7 Å². The van der Waals surface area contributed by atoms with Crippen molar-refractivity contribution < 1.29 is 19.4 Å². The number of hydrogen-bond acceptors (Lipinski definition) is 4. The molecule has 0 bridgehead atoms. The summed E-state index contributed by atoms with van der Waals surface area (Å²) in [6.07, 6.45) is 6.50. The lowest BCUT2D eigenvalue weighted by atomic mass is 9.55. The molecule has 0 heterocycles. The van der Waals surface area contributed by atoms with E-state index in [2.05, 4.69) is 13.0 Å². The first kappa shape index (κ1) is 20.4. The number of carbonyl (C=O) groups excluding carboxylic acids is 1. The van der Waals surface area contributed by atoms with Crippen molar-refractivity contribution in [2.24, 2.45) is 17.3 Å². The highest BCUT2D eigenvalue weighted by molar-refractivity contribution is 5.66. The molecule has 0 radical (unpaired) electrons. The van der Waals surface area contributed by atoms with E-state index in [1.165, 1.54) is 18.1 Å². The van der Waals surface area contributed by atoms with Crippen LogP contribution in [0, 0.1) is 17.3 Å². The van der Waals surface area contributed by atoms with Gasteiger partial charge in [-0.2, -0.15) is 0 Å². The summed E-state index contributed by atoms with van der Waals surface area (Å²) in [6, 6.07) is 14.1. The Morgan fingerprint density at radius 2 is 1.94 bits per heavy atom. The van der Waals surface area contributed by atoms with Crippen molar-refractivity contribution in [3.05, 3.63) is 59.2 Å². The summed E-state index contributed by atoms with van der Waals surface area (Å²) in [5.74, 6) is 2.37. The number of phenolic OH excluding ortho intramolecular Hbond substituents is 1. The standard InChI is InChI=1S/C27H32O4/c1-17(28)31-26-11-10-23-21-9-8-19-14-24(29)25(30-16-18-6-4-3-5-7-18)15-22(19)20(21)12-13-27(23,26)2/h3-7,14-15,20-21,23,26,29H,8-13,16H2,1-2H3/t20-,21+,23-,26-,27-/m0/s1. The van der Waals surface area contributed by atoms with Crippen LogP contribution >= 0.6 is 0 Å². The van der Waals surface area contributed by atoms with Crippen LogP contribution in [0.25, 0.3) is 0 Å². The molecule has 3 aliphatic rings. The summed E-state index contributed by atoms with van der Waals surface area (Å²) >= 11 is 0. The Hall–Kier alpha value is -2.49. The molecule has 2 fully saturated rings. The second kappa shape index (κ2) is 7.89. The van der Waals surface area contributed by atoms with Gasteiger partial charge in [-0.25, -0.2) is 0 Å². The van der Waals surface area contributed by atoms with Crippen molar-refractivity contribution in [2.45, 2.75) is 71.0 Å². The van der Waals surface area contributed by atoms with Gasteiger partial charge < -0.3 is 14.6 Å². The van der Waals surface area contributed by atoms with Crippen molar-refractivity contribution in [2.75, 3.05) is 0 Å². The third-order valence-corrected chi connectivity index (χ3v) is 8.26. The summed E-state index contributed by atoms with van der Waals surface area (Å²) < 4.78 is 11.8. The monoisotopic (exact) mass is 420 g/mol. The third kappa shape index (κ3) is 3.60. The largest absolute Gasteiger partial charge is 0.504 e. The SMILES string of the molecule is CC(=O)O[C@H]1CC[C@H]2[C@@H]3CCc4cc(O)c(OCc5ccccc5)cc4[C@H]3CC[C@]12C. The van der Waals surface area contributed by atoms with E-state index < -0.39 is 0 Å². The Bertz CT molecular complexity index is 969. The van der Waals surface area contributed by atoms with E-state index in [-0.39, 0.29) is 23.2 Å². The van der Waals surface area contributed by atoms with Crippen molar-refractivity contribution in [1.29, 1.82) is 0 Å². The highest BCUT2D eigenvalue weighted by atomic mass is 16.5. The quantitative estimate of drug-likeness (QED) is 0.639. The topological polar surface area (TPSA) is 55.8 Å². The Morgan fingerprint density at radius 1 is 1.13 bits per heavy atom. The number of carbonyl (C=O) groups is 1. The average molecular weight is 421 g/mol. The van der Waals surface area contributed by atoms with Crippen LogP contribution in [0.15, 0.2) is 42.5 Å². The van der Waals surface area contributed by atoms with Crippen LogP contribution < -0.4 is 4.74 Å². The van der Waals surface area contributed by atoms with E-state index in [0.717, 1.165) is 44.1 Å². The molecule has 2 aromatic rings. The molecule has 5 atom stereocenters. The fourth-order valence-electron chi connectivity index (χ4n) is 6.78. The molecule has 0 saturated heterocycles. The Kier molecular flexibility index (Phi) is 5.19. The second-order valence-corrected chi connectivity index (χ2v) is 9.93. The van der Waals surface area contributed by atoms with Crippen LogP contribution in [0.2, 0.25) is 0 Å². The molecule has 0 aliphatic heterocycles. The maximum atomic E-state index is 11.6. The van der Waals surface area contributed by atoms with Gasteiger partial charge in [0.05, 0.1) is 0 Å². The summed E-state index contributed by atoms with van der Waals surface area (Å²) in [7, 11) is 0. The first-order chi connectivity index (χ1) is 15.0. The van der Waals surface area contributed by atoms with Crippen LogP contribution in [-0.4, -0.2) is 17.2 Å². The summed E-state index contributed by atoms with van der Waals surface area (Å²) in [5.41, 5.74) is 3.81. The van der Waals surface area contributed by atoms with Crippen LogP contribution in [-0.2, 0) is 22.6 Å². The van der Waals surface area contributed by atoms with E-state index in [9.17, 15) is 9.90 Å². The van der Waals surface area contributed by atoms with Gasteiger partial charge in [0.2, 0.25) is 0 Å². The van der Waals surface area contributed by atoms with Crippen molar-refractivity contribution in [3.8, 4) is 11.5 Å². The normalized spacial score (nSPS) is 31.3. The maximum Gasteiger partial charge on any atom is 0.302 e. The zero-order valence-electron chi connectivity index (χ0n) is 18.5. The molecule has 2 saturated carbocycles. The minimum absolute atomic E-state index is 0.0573. The van der Waals surface area contributed by atoms with Crippen LogP contribution in [0.3, 0.4) is 0 Å². The molecular formula is C27H32O4. The van der Waals surface area contributed by atoms with Crippen molar-refractivity contribution in [1.82, 2.24) is 0 Å². The van der Waals surface area contributed by atoms with Crippen LogP contribution in [0.1, 0.15) is 68.6 Å². The number of fused-ring (bicyclic) bond motifs is 5. The second-order valence-electron chi connectivity index (χ2n) is 9.93. The van der Waals surface area contributed by atoms with Crippen molar-refractivity contribution >= 4 is 5.97 Å². The molecular weight excluding hydrogens is 388 g/mol. The number of ether oxygens (including phenoxy) is 2. The average Bonchev–Trinajstić information content (AvgIpc) is 3.08. The molecule has 164 valence electrons. The predicted molar refractivity (Wildman–Crippen MR) is 119 cm³/mol. The van der Waals surface area contributed by atoms with Gasteiger partial charge in [0, 0.05) is 12.3 Å². The Morgan fingerprint density at radius 3 is 2.71 bits per heavy atom. The van der Waals surface area contributed by atoms with E-state index >= 15 is 0 Å². The minimum Gasteiger partial charge on any atom is -0.504 e. The smallest absolute Gasteiger partial charge is 0.302 e. The Balaban J connectivity index is 1.39. The molecule has 0 amide bonds. The Labute approximate surface area is 184 Å². The predicted octanol–water partition coefficient (Wildman–Crippen LogP) is 5.76. The maximum absolute atomic E-state index is 11.6. The molecule has 0 aromatic heterocycles. The van der Waals surface area contributed by atoms with Gasteiger partial charge >= 0.3 is 5.97 Å². The molecule has 3 aliphatic carbocycles. The zero-order valence-corrected chi connectivity index (χ0v) is 18.5. The minimum atomic E-state index is -0.154. The number of rotatable bonds is 4. The van der Waals surface area contributed by atoms with Crippen LogP contribution in [0.4, 0.5) is 0 Å². The number of hydrogen-bond donors (Lipinski definition) is 1. The highest BCUT2D eigenvalue weighted by Gasteiger charge is 2.56. The van der Waals surface area contributed by atoms with Gasteiger partial charge in [-0.15, -0.1) is 0 Å². The van der Waals surface area contributed by atoms with Gasteiger partial charge in [-0.3, -0.25) is 4.79 Å². The lowest BCUT2D eigenvalue weighted by Crippen LogP contribution is -2.45. The number of phenols is 1.